The topological polar surface area (TPSA) is 92.4 Å². The van der Waals surface area contributed by atoms with Crippen LogP contribution in [-0.2, 0) is 11.2 Å². The Morgan fingerprint density at radius 2 is 2.06 bits per heavy atom. The lowest BCUT2D eigenvalue weighted by Crippen LogP contribution is -2.37. The van der Waals surface area contributed by atoms with Gasteiger partial charge in [0.15, 0.2) is 0 Å². The van der Waals surface area contributed by atoms with Gasteiger partial charge in [-0.2, -0.15) is 0 Å². The summed E-state index contributed by atoms with van der Waals surface area (Å²) in [5, 5.41) is 5.44. The summed E-state index contributed by atoms with van der Waals surface area (Å²) < 4.78 is 10.8. The van der Waals surface area contributed by atoms with Gasteiger partial charge in [-0.1, -0.05) is 12.1 Å². The van der Waals surface area contributed by atoms with Crippen LogP contribution < -0.4 is 10.1 Å². The van der Waals surface area contributed by atoms with E-state index in [0.717, 1.165) is 72.4 Å². The molecule has 3 heterocycles. The number of nitrogens with zero attached hydrogens (tertiary/aromatic N) is 3. The Labute approximate surface area is 195 Å². The van der Waals surface area contributed by atoms with E-state index in [9.17, 15) is 4.79 Å². The molecule has 0 saturated carbocycles. The monoisotopic (exact) mass is 463 g/mol. The molecule has 0 radical (unpaired) electrons. The summed E-state index contributed by atoms with van der Waals surface area (Å²) in [4.78, 5) is 27.7. The molecule has 4 aromatic rings. The highest BCUT2D eigenvalue weighted by atomic mass is 32.1. The lowest BCUT2D eigenvalue weighted by Gasteiger charge is -2.25. The van der Waals surface area contributed by atoms with Gasteiger partial charge >= 0.3 is 0 Å². The summed E-state index contributed by atoms with van der Waals surface area (Å²) in [5.41, 5.74) is 3.72. The van der Waals surface area contributed by atoms with E-state index in [-0.39, 0.29) is 5.91 Å². The van der Waals surface area contributed by atoms with E-state index >= 15 is 0 Å². The van der Waals surface area contributed by atoms with Crippen LogP contribution in [0, 0.1) is 0 Å². The number of H-pyrrole nitrogens is 1. The fourth-order valence-corrected chi connectivity index (χ4v) is 4.70. The number of ether oxygens (including phenoxy) is 2. The first-order valence-corrected chi connectivity index (χ1v) is 11.8. The number of thiazole rings is 1. The van der Waals surface area contributed by atoms with Crippen LogP contribution in [0.3, 0.4) is 0 Å². The van der Waals surface area contributed by atoms with Crippen molar-refractivity contribution in [3.8, 4) is 16.3 Å². The highest BCUT2D eigenvalue weighted by molar-refractivity contribution is 7.13. The van der Waals surface area contributed by atoms with E-state index in [1.807, 2.05) is 42.5 Å². The minimum absolute atomic E-state index is 0.251. The van der Waals surface area contributed by atoms with Crippen molar-refractivity contribution in [3.63, 3.8) is 0 Å². The van der Waals surface area contributed by atoms with Gasteiger partial charge in [0, 0.05) is 37.1 Å². The van der Waals surface area contributed by atoms with Crippen LogP contribution in [0.15, 0.2) is 47.8 Å². The van der Waals surface area contributed by atoms with Gasteiger partial charge in [0.05, 0.1) is 36.9 Å². The third kappa shape index (κ3) is 4.90. The van der Waals surface area contributed by atoms with Crippen LogP contribution in [0.25, 0.3) is 21.6 Å². The molecule has 33 heavy (non-hydrogen) atoms. The number of hydrogen-bond donors (Lipinski definition) is 2. The summed E-state index contributed by atoms with van der Waals surface area (Å²) in [6.07, 6.45) is 0.848. The zero-order chi connectivity index (χ0) is 22.6. The van der Waals surface area contributed by atoms with Crippen molar-refractivity contribution in [1.29, 1.82) is 0 Å². The van der Waals surface area contributed by atoms with Crippen LogP contribution in [0.4, 0.5) is 5.69 Å². The molecule has 9 heteroatoms. The molecule has 1 aliphatic rings. The van der Waals surface area contributed by atoms with E-state index in [2.05, 4.69) is 25.2 Å². The van der Waals surface area contributed by atoms with Crippen LogP contribution in [0.2, 0.25) is 0 Å². The number of para-hydroxylation sites is 1. The summed E-state index contributed by atoms with van der Waals surface area (Å²) in [6.45, 7) is 4.47. The van der Waals surface area contributed by atoms with E-state index in [1.54, 1.807) is 12.5 Å². The van der Waals surface area contributed by atoms with Gasteiger partial charge in [-0.05, 0) is 30.3 Å². The first-order chi connectivity index (χ1) is 16.2. The molecule has 0 bridgehead atoms. The molecule has 8 nitrogen and oxygen atoms in total. The van der Waals surface area contributed by atoms with Crippen molar-refractivity contribution in [1.82, 2.24) is 19.9 Å². The van der Waals surface area contributed by atoms with Gasteiger partial charge in [-0.15, -0.1) is 11.3 Å². The number of rotatable bonds is 7. The fraction of sp³-hybridized carbons (Fsp3) is 0.292. The number of imidazole rings is 1. The molecule has 1 aliphatic heterocycles. The highest BCUT2D eigenvalue weighted by Gasteiger charge is 2.16. The molecule has 0 atom stereocenters. The molecule has 5 rings (SSSR count). The minimum atomic E-state index is -0.251. The third-order valence-electron chi connectivity index (χ3n) is 5.63. The van der Waals surface area contributed by atoms with Gasteiger partial charge in [-0.25, -0.2) is 9.97 Å². The third-order valence-corrected chi connectivity index (χ3v) is 6.51. The summed E-state index contributed by atoms with van der Waals surface area (Å²) in [7, 11) is 1.62. The van der Waals surface area contributed by atoms with E-state index < -0.39 is 0 Å². The molecule has 1 saturated heterocycles. The van der Waals surface area contributed by atoms with Crippen LogP contribution in [0.5, 0.6) is 5.75 Å². The molecule has 2 aromatic heterocycles. The van der Waals surface area contributed by atoms with Crippen LogP contribution >= 0.6 is 11.3 Å². The molecule has 1 amide bonds. The molecule has 0 spiro atoms. The Kier molecular flexibility index (Phi) is 6.34. The Morgan fingerprint density at radius 1 is 1.21 bits per heavy atom. The number of carbonyl (C=O) groups excluding carboxylic acids is 1. The Morgan fingerprint density at radius 3 is 2.91 bits per heavy atom. The minimum Gasteiger partial charge on any atom is -0.496 e. The lowest BCUT2D eigenvalue weighted by atomic mass is 10.2. The van der Waals surface area contributed by atoms with E-state index in [0.29, 0.717) is 11.4 Å². The lowest BCUT2D eigenvalue weighted by molar-refractivity contribution is 0.0382. The van der Waals surface area contributed by atoms with Crippen LogP contribution in [-0.4, -0.2) is 65.7 Å². The van der Waals surface area contributed by atoms with Crippen molar-refractivity contribution >= 4 is 34.0 Å². The number of benzene rings is 2. The van der Waals surface area contributed by atoms with Crippen molar-refractivity contribution in [3.05, 3.63) is 59.4 Å². The number of amides is 1. The molecular weight excluding hydrogens is 438 g/mol. The molecule has 170 valence electrons. The van der Waals surface area contributed by atoms with E-state index in [4.69, 9.17) is 9.47 Å². The number of fused-ring (bicyclic) bond motifs is 1. The van der Waals surface area contributed by atoms with Crippen molar-refractivity contribution in [2.24, 2.45) is 0 Å². The first kappa shape index (κ1) is 21.6. The largest absolute Gasteiger partial charge is 0.496 e. The number of aromatic amines is 1. The standard InChI is InChI=1S/C24H25N5O3S/c1-31-21-5-3-2-4-17(21)24-28-20(15-33-24)23(30)25-16-6-7-18-19(14-16)27-22(26-18)8-9-29-10-12-32-13-11-29/h2-7,14-15H,8-13H2,1H3,(H,25,30)(H,26,27). The zero-order valence-electron chi connectivity index (χ0n) is 18.3. The number of methoxy groups -OCH3 is 1. The maximum atomic E-state index is 12.8. The Bertz CT molecular complexity index is 1260. The molecule has 0 aliphatic carbocycles. The summed E-state index contributed by atoms with van der Waals surface area (Å²) in [6, 6.07) is 13.3. The smallest absolute Gasteiger partial charge is 0.275 e. The van der Waals surface area contributed by atoms with Gasteiger partial charge in [0.2, 0.25) is 0 Å². The SMILES string of the molecule is COc1ccccc1-c1nc(C(=O)Nc2ccc3nc(CCN4CCOCC4)[nH]c3c2)cs1. The highest BCUT2D eigenvalue weighted by Crippen LogP contribution is 2.32. The second-order valence-corrected chi connectivity index (χ2v) is 8.67. The zero-order valence-corrected chi connectivity index (χ0v) is 19.2. The van der Waals surface area contributed by atoms with Gasteiger partial charge < -0.3 is 19.8 Å². The number of morpholine rings is 1. The molecule has 2 N–H and O–H groups in total. The normalized spacial score (nSPS) is 14.5. The Hall–Kier alpha value is -3.27. The van der Waals surface area contributed by atoms with E-state index in [1.165, 1.54) is 11.3 Å². The number of anilines is 1. The number of hydrogen-bond acceptors (Lipinski definition) is 7. The number of carbonyl (C=O) groups is 1. The number of nitrogens with one attached hydrogen (secondary N) is 2. The summed E-state index contributed by atoms with van der Waals surface area (Å²) >= 11 is 1.41. The predicted octanol–water partition coefficient (Wildman–Crippen LogP) is 3.82. The fourth-order valence-electron chi connectivity index (χ4n) is 3.87. The second-order valence-electron chi connectivity index (χ2n) is 7.81. The quantitative estimate of drug-likeness (QED) is 0.433. The van der Waals surface area contributed by atoms with Crippen molar-refractivity contribution in [2.45, 2.75) is 6.42 Å². The average Bonchev–Trinajstić information content (AvgIpc) is 3.50. The molecule has 2 aromatic carbocycles. The molecular formula is C24H25N5O3S. The maximum absolute atomic E-state index is 12.8. The van der Waals surface area contributed by atoms with Crippen molar-refractivity contribution in [2.75, 3.05) is 45.3 Å². The van der Waals surface area contributed by atoms with Gasteiger partial charge in [0.25, 0.3) is 5.91 Å². The van der Waals surface area contributed by atoms with Crippen molar-refractivity contribution < 1.29 is 14.3 Å². The number of aromatic nitrogens is 3. The maximum Gasteiger partial charge on any atom is 0.275 e. The second kappa shape index (κ2) is 9.70. The predicted molar refractivity (Wildman–Crippen MR) is 129 cm³/mol. The molecule has 0 unspecified atom stereocenters. The average molecular weight is 464 g/mol. The van der Waals surface area contributed by atoms with Gasteiger partial charge in [-0.3, -0.25) is 9.69 Å². The Balaban J connectivity index is 1.26. The first-order valence-electron chi connectivity index (χ1n) is 10.9. The van der Waals surface area contributed by atoms with Crippen LogP contribution in [0.1, 0.15) is 16.3 Å². The van der Waals surface area contributed by atoms with Gasteiger partial charge in [0.1, 0.15) is 22.3 Å². The molecule has 1 fully saturated rings. The summed E-state index contributed by atoms with van der Waals surface area (Å²) in [5.74, 6) is 1.42.